The van der Waals surface area contributed by atoms with Crippen LogP contribution in [-0.4, -0.2) is 24.2 Å². The molecule has 6 heteroatoms. The molecule has 18 heavy (non-hydrogen) atoms. The van der Waals surface area contributed by atoms with E-state index in [9.17, 15) is 8.42 Å². The molecular formula is C12H21N3O2S. The minimum absolute atomic E-state index is 0.300. The van der Waals surface area contributed by atoms with Gasteiger partial charge in [-0.15, -0.1) is 0 Å². The smallest absolute Gasteiger partial charge is 0.244 e. The second-order valence-corrected chi connectivity index (χ2v) is 7.11. The van der Waals surface area contributed by atoms with Gasteiger partial charge in [0.1, 0.15) is 4.90 Å². The number of aryl methyl sites for hydroxylation is 2. The van der Waals surface area contributed by atoms with Gasteiger partial charge in [-0.2, -0.15) is 5.10 Å². The molecule has 2 rings (SSSR count). The van der Waals surface area contributed by atoms with Crippen LogP contribution in [0.4, 0.5) is 0 Å². The van der Waals surface area contributed by atoms with Crippen LogP contribution >= 0.6 is 0 Å². The molecule has 0 bridgehead atoms. The highest BCUT2D eigenvalue weighted by molar-refractivity contribution is 7.89. The highest BCUT2D eigenvalue weighted by Crippen LogP contribution is 2.30. The molecular weight excluding hydrogens is 250 g/mol. The highest BCUT2D eigenvalue weighted by Gasteiger charge is 2.34. The molecule has 0 radical (unpaired) electrons. The first-order valence-corrected chi connectivity index (χ1v) is 7.88. The fraction of sp³-hybridized carbons (Fsp3) is 0.750. The number of hydrogen-bond donors (Lipinski definition) is 2. The number of sulfonamides is 1. The van der Waals surface area contributed by atoms with Crippen LogP contribution in [-0.2, 0) is 10.0 Å². The third-order valence-corrected chi connectivity index (χ3v) is 5.57. The second kappa shape index (κ2) is 4.66. The SMILES string of the molecule is Cc1n[nH]c(C)c1S(=O)(=O)NC1(C)CCCCC1. The summed E-state index contributed by atoms with van der Waals surface area (Å²) in [6.07, 6.45) is 5.18. The fourth-order valence-corrected chi connectivity index (χ4v) is 4.58. The van der Waals surface area contributed by atoms with E-state index in [1.165, 1.54) is 6.42 Å². The van der Waals surface area contributed by atoms with Crippen molar-refractivity contribution in [2.75, 3.05) is 0 Å². The number of aromatic nitrogens is 2. The molecule has 0 amide bonds. The molecule has 5 nitrogen and oxygen atoms in total. The van der Waals surface area contributed by atoms with Crippen LogP contribution in [0.1, 0.15) is 50.4 Å². The Kier molecular flexibility index (Phi) is 3.51. The van der Waals surface area contributed by atoms with Crippen molar-refractivity contribution in [2.24, 2.45) is 0 Å². The zero-order valence-corrected chi connectivity index (χ0v) is 12.0. The van der Waals surface area contributed by atoms with Crippen LogP contribution < -0.4 is 4.72 Å². The maximum atomic E-state index is 12.4. The highest BCUT2D eigenvalue weighted by atomic mass is 32.2. The van der Waals surface area contributed by atoms with Crippen molar-refractivity contribution in [1.82, 2.24) is 14.9 Å². The van der Waals surface area contributed by atoms with E-state index in [2.05, 4.69) is 14.9 Å². The van der Waals surface area contributed by atoms with Crippen molar-refractivity contribution in [3.8, 4) is 0 Å². The van der Waals surface area contributed by atoms with Gasteiger partial charge in [0, 0.05) is 5.54 Å². The van der Waals surface area contributed by atoms with Crippen molar-refractivity contribution >= 4 is 10.0 Å². The minimum Gasteiger partial charge on any atom is -0.281 e. The summed E-state index contributed by atoms with van der Waals surface area (Å²) in [5.74, 6) is 0. The monoisotopic (exact) mass is 271 g/mol. The Bertz CT molecular complexity index is 508. The zero-order valence-electron chi connectivity index (χ0n) is 11.2. The normalized spacial score (nSPS) is 19.9. The Morgan fingerprint density at radius 3 is 2.33 bits per heavy atom. The van der Waals surface area contributed by atoms with E-state index in [1.54, 1.807) is 13.8 Å². The quantitative estimate of drug-likeness (QED) is 0.883. The first kappa shape index (κ1) is 13.5. The number of H-pyrrole nitrogens is 1. The number of hydrogen-bond acceptors (Lipinski definition) is 3. The molecule has 0 unspecified atom stereocenters. The van der Waals surface area contributed by atoms with E-state index < -0.39 is 10.0 Å². The Morgan fingerprint density at radius 2 is 1.83 bits per heavy atom. The summed E-state index contributed by atoms with van der Waals surface area (Å²) >= 11 is 0. The number of nitrogens with one attached hydrogen (secondary N) is 2. The van der Waals surface area contributed by atoms with Crippen LogP contribution in [0.25, 0.3) is 0 Å². The van der Waals surface area contributed by atoms with E-state index in [1.807, 2.05) is 6.92 Å². The van der Waals surface area contributed by atoms with Gasteiger partial charge in [0.15, 0.2) is 0 Å². The van der Waals surface area contributed by atoms with Gasteiger partial charge >= 0.3 is 0 Å². The van der Waals surface area contributed by atoms with E-state index in [0.717, 1.165) is 25.7 Å². The van der Waals surface area contributed by atoms with Gasteiger partial charge in [0.05, 0.1) is 11.4 Å². The molecule has 2 N–H and O–H groups in total. The standard InChI is InChI=1S/C12H21N3O2S/c1-9-11(10(2)14-13-9)18(16,17)15-12(3)7-5-4-6-8-12/h15H,4-8H2,1-3H3,(H,13,14). The van der Waals surface area contributed by atoms with Crippen molar-refractivity contribution in [3.05, 3.63) is 11.4 Å². The van der Waals surface area contributed by atoms with Gasteiger partial charge in [0.25, 0.3) is 0 Å². The minimum atomic E-state index is -3.48. The maximum absolute atomic E-state index is 12.4. The van der Waals surface area contributed by atoms with Crippen molar-refractivity contribution in [2.45, 2.75) is 63.3 Å². The Morgan fingerprint density at radius 1 is 1.22 bits per heavy atom. The van der Waals surface area contributed by atoms with E-state index in [-0.39, 0.29) is 5.54 Å². The fourth-order valence-electron chi connectivity index (χ4n) is 2.75. The molecule has 1 aromatic heterocycles. The third kappa shape index (κ3) is 2.59. The molecule has 0 aliphatic heterocycles. The van der Waals surface area contributed by atoms with Gasteiger partial charge in [-0.1, -0.05) is 19.3 Å². The summed E-state index contributed by atoms with van der Waals surface area (Å²) in [6, 6.07) is 0. The maximum Gasteiger partial charge on any atom is 0.244 e. The molecule has 1 fully saturated rings. The van der Waals surface area contributed by atoms with Gasteiger partial charge in [-0.3, -0.25) is 5.10 Å². The molecule has 0 spiro atoms. The first-order chi connectivity index (χ1) is 8.34. The van der Waals surface area contributed by atoms with Gasteiger partial charge in [-0.05, 0) is 33.6 Å². The number of aromatic amines is 1. The molecule has 1 aliphatic carbocycles. The lowest BCUT2D eigenvalue weighted by molar-refractivity contribution is 0.294. The van der Waals surface area contributed by atoms with Crippen LogP contribution in [0.15, 0.2) is 4.90 Å². The van der Waals surface area contributed by atoms with E-state index in [4.69, 9.17) is 0 Å². The largest absolute Gasteiger partial charge is 0.281 e. The summed E-state index contributed by atoms with van der Waals surface area (Å²) in [5.41, 5.74) is 0.812. The van der Waals surface area contributed by atoms with Crippen LogP contribution in [0.2, 0.25) is 0 Å². The average molecular weight is 271 g/mol. The zero-order chi connectivity index (χ0) is 13.4. The van der Waals surface area contributed by atoms with Gasteiger partial charge in [-0.25, -0.2) is 13.1 Å². The second-order valence-electron chi connectivity index (χ2n) is 5.49. The molecule has 1 saturated carbocycles. The summed E-state index contributed by atoms with van der Waals surface area (Å²) in [6.45, 7) is 5.44. The van der Waals surface area contributed by atoms with Crippen LogP contribution in [0.5, 0.6) is 0 Å². The molecule has 102 valence electrons. The molecule has 0 aromatic carbocycles. The number of rotatable bonds is 3. The van der Waals surface area contributed by atoms with Crippen LogP contribution in [0, 0.1) is 13.8 Å². The van der Waals surface area contributed by atoms with E-state index in [0.29, 0.717) is 16.3 Å². The molecule has 1 aromatic rings. The Hall–Kier alpha value is -0.880. The lowest BCUT2D eigenvalue weighted by Crippen LogP contribution is -2.47. The third-order valence-electron chi connectivity index (χ3n) is 3.67. The molecule has 0 saturated heterocycles. The summed E-state index contributed by atoms with van der Waals surface area (Å²) in [4.78, 5) is 0.300. The molecule has 0 atom stereocenters. The van der Waals surface area contributed by atoms with Crippen molar-refractivity contribution in [3.63, 3.8) is 0 Å². The molecule has 1 aliphatic rings. The van der Waals surface area contributed by atoms with E-state index >= 15 is 0 Å². The predicted molar refractivity (Wildman–Crippen MR) is 69.9 cm³/mol. The van der Waals surface area contributed by atoms with Gasteiger partial charge < -0.3 is 0 Å². The topological polar surface area (TPSA) is 74.8 Å². The van der Waals surface area contributed by atoms with Gasteiger partial charge in [0.2, 0.25) is 10.0 Å². The first-order valence-electron chi connectivity index (χ1n) is 6.40. The molecule has 1 heterocycles. The van der Waals surface area contributed by atoms with Crippen molar-refractivity contribution < 1.29 is 8.42 Å². The summed E-state index contributed by atoms with van der Waals surface area (Å²) in [7, 11) is -3.48. The Labute approximate surface area is 108 Å². The predicted octanol–water partition coefficient (Wildman–Crippen LogP) is 2.03. The van der Waals surface area contributed by atoms with Crippen molar-refractivity contribution in [1.29, 1.82) is 0 Å². The average Bonchev–Trinajstić information content (AvgIpc) is 2.58. The summed E-state index contributed by atoms with van der Waals surface area (Å²) < 4.78 is 27.7. The lowest BCUT2D eigenvalue weighted by Gasteiger charge is -2.34. The number of nitrogens with zero attached hydrogens (tertiary/aromatic N) is 1. The van der Waals surface area contributed by atoms with Crippen LogP contribution in [0.3, 0.4) is 0 Å². The lowest BCUT2D eigenvalue weighted by atomic mass is 9.84. The Balaban J connectivity index is 2.27. The summed E-state index contributed by atoms with van der Waals surface area (Å²) in [5, 5.41) is 6.68.